The molecule has 1 fully saturated rings. The molecule has 0 aromatic heterocycles. The summed E-state index contributed by atoms with van der Waals surface area (Å²) in [5.41, 5.74) is 3.73. The number of anilines is 2. The Labute approximate surface area is 194 Å². The first-order valence-electron chi connectivity index (χ1n) is 10.5. The van der Waals surface area contributed by atoms with Crippen LogP contribution in [0.2, 0.25) is 0 Å². The summed E-state index contributed by atoms with van der Waals surface area (Å²) in [6.45, 7) is 2.61. The zero-order chi connectivity index (χ0) is 23.2. The van der Waals surface area contributed by atoms with E-state index in [0.29, 0.717) is 18.0 Å². The van der Waals surface area contributed by atoms with Crippen LogP contribution in [-0.2, 0) is 16.2 Å². The van der Waals surface area contributed by atoms with Gasteiger partial charge in [-0.1, -0.05) is 29.8 Å². The molecule has 1 spiro atoms. The number of benzene rings is 3. The maximum absolute atomic E-state index is 13.9. The van der Waals surface area contributed by atoms with E-state index in [9.17, 15) is 18.4 Å². The third-order valence-electron chi connectivity index (χ3n) is 5.94. The molecule has 3 aromatic rings. The maximum Gasteiger partial charge on any atom is 0.323 e. The van der Waals surface area contributed by atoms with Gasteiger partial charge >= 0.3 is 6.03 Å². The van der Waals surface area contributed by atoms with E-state index in [4.69, 9.17) is 0 Å². The number of hydrogen-bond acceptors (Lipinski definition) is 3. The van der Waals surface area contributed by atoms with E-state index in [1.807, 2.05) is 25.1 Å². The Morgan fingerprint density at radius 3 is 2.39 bits per heavy atom. The van der Waals surface area contributed by atoms with Gasteiger partial charge in [0, 0.05) is 23.5 Å². The molecule has 8 heteroatoms. The number of thioether (sulfide) groups is 1. The van der Waals surface area contributed by atoms with Crippen molar-refractivity contribution in [2.45, 2.75) is 18.3 Å². The number of carbonyl (C=O) groups is 2. The molecular formula is C25H21F2N3O2S. The topological polar surface area (TPSA) is 52.7 Å². The van der Waals surface area contributed by atoms with Gasteiger partial charge in [-0.05, 0) is 55.0 Å². The van der Waals surface area contributed by atoms with Gasteiger partial charge in [0.15, 0.2) is 4.87 Å². The number of nitrogens with zero attached hydrogens (tertiary/aromatic N) is 2. The molecule has 0 radical (unpaired) electrons. The van der Waals surface area contributed by atoms with Crippen LogP contribution in [0.3, 0.4) is 0 Å². The van der Waals surface area contributed by atoms with E-state index >= 15 is 0 Å². The lowest BCUT2D eigenvalue weighted by molar-refractivity contribution is -0.123. The van der Waals surface area contributed by atoms with Crippen molar-refractivity contribution in [1.29, 1.82) is 0 Å². The SMILES string of the molecule is Cc1ccc2c(c1)C1(SCCN1C(=O)Nc1ccc(F)cc1)C(=O)N2Cc1ccc(F)cc1. The second kappa shape index (κ2) is 8.19. The minimum absolute atomic E-state index is 0.204. The van der Waals surface area contributed by atoms with Crippen molar-refractivity contribution < 1.29 is 18.4 Å². The highest BCUT2D eigenvalue weighted by atomic mass is 32.2. The Balaban J connectivity index is 1.52. The standard InChI is InChI=1S/C25H21F2N3O2S/c1-16-2-11-22-21(14-16)25(23(31)29(22)15-17-3-5-18(26)6-4-17)30(12-13-33-25)24(32)28-20-9-7-19(27)8-10-20/h2-11,14H,12-13,15H2,1H3,(H,28,32). The van der Waals surface area contributed by atoms with Gasteiger partial charge in [-0.15, -0.1) is 11.8 Å². The Bertz CT molecular complexity index is 1230. The van der Waals surface area contributed by atoms with Crippen LogP contribution in [0.1, 0.15) is 16.7 Å². The lowest BCUT2D eigenvalue weighted by atomic mass is 10.0. The quantitative estimate of drug-likeness (QED) is 0.575. The maximum atomic E-state index is 13.9. The highest BCUT2D eigenvalue weighted by Gasteiger charge is 2.59. The molecule has 33 heavy (non-hydrogen) atoms. The molecule has 168 valence electrons. The lowest BCUT2D eigenvalue weighted by Crippen LogP contribution is -2.51. The molecule has 3 amide bonds. The van der Waals surface area contributed by atoms with Crippen LogP contribution in [0.4, 0.5) is 25.0 Å². The van der Waals surface area contributed by atoms with E-state index in [0.717, 1.165) is 22.4 Å². The van der Waals surface area contributed by atoms with E-state index in [2.05, 4.69) is 5.32 Å². The summed E-state index contributed by atoms with van der Waals surface area (Å²) in [5.74, 6) is -0.341. The molecule has 3 aromatic carbocycles. The van der Waals surface area contributed by atoms with Crippen molar-refractivity contribution in [3.63, 3.8) is 0 Å². The first kappa shape index (κ1) is 21.5. The second-order valence-corrected chi connectivity index (χ2v) is 9.41. The normalized spacial score (nSPS) is 19.3. The van der Waals surface area contributed by atoms with Gasteiger partial charge in [-0.2, -0.15) is 0 Å². The van der Waals surface area contributed by atoms with Crippen LogP contribution in [0.15, 0.2) is 66.7 Å². The van der Waals surface area contributed by atoms with Gasteiger partial charge in [-0.3, -0.25) is 9.69 Å². The predicted octanol–water partition coefficient (Wildman–Crippen LogP) is 5.25. The van der Waals surface area contributed by atoms with E-state index < -0.39 is 16.7 Å². The Hall–Kier alpha value is -3.39. The van der Waals surface area contributed by atoms with Gasteiger partial charge in [0.05, 0.1) is 12.2 Å². The summed E-state index contributed by atoms with van der Waals surface area (Å²) in [6.07, 6.45) is 0. The molecular weight excluding hydrogens is 444 g/mol. The van der Waals surface area contributed by atoms with Crippen LogP contribution < -0.4 is 10.2 Å². The number of nitrogens with one attached hydrogen (secondary N) is 1. The van der Waals surface area contributed by atoms with Crippen LogP contribution in [0, 0.1) is 18.6 Å². The second-order valence-electron chi connectivity index (χ2n) is 8.12. The zero-order valence-electron chi connectivity index (χ0n) is 17.8. The third-order valence-corrected chi connectivity index (χ3v) is 7.36. The number of halogens is 2. The minimum atomic E-state index is -1.19. The zero-order valence-corrected chi connectivity index (χ0v) is 18.7. The molecule has 0 saturated carbocycles. The molecule has 0 aliphatic carbocycles. The Morgan fingerprint density at radius 2 is 1.70 bits per heavy atom. The monoisotopic (exact) mass is 465 g/mol. The molecule has 2 aliphatic heterocycles. The molecule has 2 aliphatic rings. The van der Waals surface area contributed by atoms with Crippen LogP contribution in [-0.4, -0.2) is 29.1 Å². The average Bonchev–Trinajstić information content (AvgIpc) is 3.34. The molecule has 0 bridgehead atoms. The van der Waals surface area contributed by atoms with Crippen LogP contribution >= 0.6 is 11.8 Å². The number of amides is 3. The molecule has 1 unspecified atom stereocenters. The number of carbonyl (C=O) groups excluding carboxylic acids is 2. The first-order chi connectivity index (χ1) is 15.9. The molecule has 5 nitrogen and oxygen atoms in total. The van der Waals surface area contributed by atoms with Crippen molar-refractivity contribution in [2.75, 3.05) is 22.5 Å². The number of urea groups is 1. The van der Waals surface area contributed by atoms with Gasteiger partial charge in [0.25, 0.3) is 5.91 Å². The van der Waals surface area contributed by atoms with Crippen LogP contribution in [0.25, 0.3) is 0 Å². The van der Waals surface area contributed by atoms with Gasteiger partial charge in [-0.25, -0.2) is 13.6 Å². The average molecular weight is 466 g/mol. The molecule has 5 rings (SSSR count). The summed E-state index contributed by atoms with van der Waals surface area (Å²) >= 11 is 1.43. The molecule has 2 heterocycles. The fourth-order valence-corrected chi connectivity index (χ4v) is 5.83. The van der Waals surface area contributed by atoms with Crippen molar-refractivity contribution in [3.8, 4) is 0 Å². The van der Waals surface area contributed by atoms with E-state index in [-0.39, 0.29) is 18.3 Å². The largest absolute Gasteiger partial charge is 0.323 e. The number of rotatable bonds is 3. The van der Waals surface area contributed by atoms with Crippen molar-refractivity contribution in [3.05, 3.63) is 95.1 Å². The Kier molecular flexibility index (Phi) is 5.32. The fourth-order valence-electron chi connectivity index (χ4n) is 4.38. The summed E-state index contributed by atoms with van der Waals surface area (Å²) in [6, 6.07) is 16.9. The predicted molar refractivity (Wildman–Crippen MR) is 125 cm³/mol. The smallest absolute Gasteiger partial charge is 0.308 e. The highest BCUT2D eigenvalue weighted by Crippen LogP contribution is 2.54. The van der Waals surface area contributed by atoms with Gasteiger partial charge < -0.3 is 10.2 Å². The van der Waals surface area contributed by atoms with Crippen molar-refractivity contribution in [2.24, 2.45) is 0 Å². The summed E-state index contributed by atoms with van der Waals surface area (Å²) < 4.78 is 26.7. The summed E-state index contributed by atoms with van der Waals surface area (Å²) in [4.78, 5) is 29.3. The first-order valence-corrected chi connectivity index (χ1v) is 11.5. The van der Waals surface area contributed by atoms with E-state index in [1.165, 1.54) is 48.2 Å². The van der Waals surface area contributed by atoms with Crippen molar-refractivity contribution >= 4 is 35.1 Å². The van der Waals surface area contributed by atoms with Crippen LogP contribution in [0.5, 0.6) is 0 Å². The summed E-state index contributed by atoms with van der Waals surface area (Å²) in [7, 11) is 0. The van der Waals surface area contributed by atoms with Gasteiger partial charge in [0.1, 0.15) is 11.6 Å². The molecule has 1 atom stereocenters. The Morgan fingerprint density at radius 1 is 1.03 bits per heavy atom. The minimum Gasteiger partial charge on any atom is -0.308 e. The number of fused-ring (bicyclic) bond motifs is 2. The number of hydrogen-bond donors (Lipinski definition) is 1. The molecule has 1 N–H and O–H groups in total. The molecule has 1 saturated heterocycles. The lowest BCUT2D eigenvalue weighted by Gasteiger charge is -2.33. The third kappa shape index (κ3) is 3.64. The van der Waals surface area contributed by atoms with E-state index in [1.54, 1.807) is 21.9 Å². The van der Waals surface area contributed by atoms with Crippen molar-refractivity contribution in [1.82, 2.24) is 4.90 Å². The van der Waals surface area contributed by atoms with Gasteiger partial charge in [0.2, 0.25) is 0 Å². The fraction of sp³-hybridized carbons (Fsp3) is 0.200. The summed E-state index contributed by atoms with van der Waals surface area (Å²) in [5, 5.41) is 2.79. The number of aryl methyl sites for hydroxylation is 1. The highest BCUT2D eigenvalue weighted by molar-refractivity contribution is 8.01.